The first-order valence-corrected chi connectivity index (χ1v) is 4.40. The topological polar surface area (TPSA) is 0 Å². The number of hydrogen-bond donors (Lipinski definition) is 0. The Kier molecular flexibility index (Phi) is 3.48. The van der Waals surface area contributed by atoms with Gasteiger partial charge in [-0.15, -0.1) is 5.47 Å². The highest BCUT2D eigenvalue weighted by atomic mass is 14.0. The first kappa shape index (κ1) is 8.64. The van der Waals surface area contributed by atoms with Gasteiger partial charge >= 0.3 is 0 Å². The molecular formula is C10H15B. The second-order valence-electron chi connectivity index (χ2n) is 3.27. The largest absolute Gasteiger partial charge is 0.122 e. The van der Waals surface area contributed by atoms with E-state index in [1.165, 1.54) is 24.8 Å². The lowest BCUT2D eigenvalue weighted by molar-refractivity contribution is 0.729. The van der Waals surface area contributed by atoms with Gasteiger partial charge in [-0.3, -0.25) is 0 Å². The minimum absolute atomic E-state index is 1.07. The van der Waals surface area contributed by atoms with Crippen molar-refractivity contribution in [2.75, 3.05) is 0 Å². The summed E-state index contributed by atoms with van der Waals surface area (Å²) in [5, 5.41) is 0. The van der Waals surface area contributed by atoms with E-state index in [9.17, 15) is 0 Å². The van der Waals surface area contributed by atoms with Crippen LogP contribution in [0.5, 0.6) is 0 Å². The fourth-order valence-corrected chi connectivity index (χ4v) is 1.39. The number of hydrogen-bond acceptors (Lipinski definition) is 0. The van der Waals surface area contributed by atoms with Crippen LogP contribution >= 0.6 is 0 Å². The van der Waals surface area contributed by atoms with Crippen LogP contribution in [0.1, 0.15) is 38.5 Å². The van der Waals surface area contributed by atoms with Crippen molar-refractivity contribution in [2.45, 2.75) is 38.5 Å². The van der Waals surface area contributed by atoms with Crippen LogP contribution in [0.25, 0.3) is 0 Å². The molecule has 0 aromatic carbocycles. The van der Waals surface area contributed by atoms with E-state index in [1.807, 2.05) is 0 Å². The van der Waals surface area contributed by atoms with Crippen LogP contribution in [0.2, 0.25) is 0 Å². The van der Waals surface area contributed by atoms with Gasteiger partial charge in [0.05, 0.1) is 0 Å². The zero-order valence-corrected chi connectivity index (χ0v) is 7.10. The lowest BCUT2D eigenvalue weighted by Gasteiger charge is -2.00. The molecule has 0 amide bonds. The van der Waals surface area contributed by atoms with Crippen molar-refractivity contribution in [1.82, 2.24) is 0 Å². The SMILES string of the molecule is [B]/C1=C/CCC(=C)CCCC1. The monoisotopic (exact) mass is 146 g/mol. The highest BCUT2D eigenvalue weighted by Gasteiger charge is 1.98. The van der Waals surface area contributed by atoms with E-state index in [0.29, 0.717) is 0 Å². The van der Waals surface area contributed by atoms with Gasteiger partial charge in [-0.25, -0.2) is 0 Å². The Morgan fingerprint density at radius 1 is 1.18 bits per heavy atom. The van der Waals surface area contributed by atoms with E-state index in [1.54, 1.807) is 0 Å². The van der Waals surface area contributed by atoms with Crippen molar-refractivity contribution < 1.29 is 0 Å². The van der Waals surface area contributed by atoms with Crippen LogP contribution < -0.4 is 0 Å². The second-order valence-corrected chi connectivity index (χ2v) is 3.27. The third-order valence-corrected chi connectivity index (χ3v) is 2.15. The van der Waals surface area contributed by atoms with E-state index < -0.39 is 0 Å². The smallest absolute Gasteiger partial charge is 0.107 e. The Hall–Kier alpha value is -0.455. The van der Waals surface area contributed by atoms with Crippen LogP contribution in [-0.4, -0.2) is 7.85 Å². The highest BCUT2D eigenvalue weighted by Crippen LogP contribution is 2.17. The molecule has 0 bridgehead atoms. The molecule has 0 fully saturated rings. The van der Waals surface area contributed by atoms with Gasteiger partial charge in [-0.1, -0.05) is 24.6 Å². The molecule has 0 saturated carbocycles. The lowest BCUT2D eigenvalue weighted by atomic mass is 9.90. The van der Waals surface area contributed by atoms with Gasteiger partial charge in [0.25, 0.3) is 0 Å². The van der Waals surface area contributed by atoms with Crippen molar-refractivity contribution in [1.29, 1.82) is 0 Å². The molecule has 0 atom stereocenters. The normalized spacial score (nSPS) is 26.2. The average Bonchev–Trinajstić information content (AvgIpc) is 2.04. The molecule has 0 heterocycles. The van der Waals surface area contributed by atoms with Crippen LogP contribution in [-0.2, 0) is 0 Å². The molecule has 0 unspecified atom stereocenters. The summed E-state index contributed by atoms with van der Waals surface area (Å²) in [6.45, 7) is 4.01. The molecule has 1 aliphatic rings. The van der Waals surface area contributed by atoms with E-state index >= 15 is 0 Å². The Morgan fingerprint density at radius 3 is 2.73 bits per heavy atom. The molecule has 1 aliphatic carbocycles. The Balaban J connectivity index is 2.43. The van der Waals surface area contributed by atoms with E-state index in [2.05, 4.69) is 12.7 Å². The van der Waals surface area contributed by atoms with Crippen molar-refractivity contribution in [3.05, 3.63) is 23.7 Å². The molecule has 2 radical (unpaired) electrons. The number of rotatable bonds is 0. The summed E-state index contributed by atoms with van der Waals surface area (Å²) in [4.78, 5) is 0. The summed E-state index contributed by atoms with van der Waals surface area (Å²) in [5.74, 6) is 0. The van der Waals surface area contributed by atoms with E-state index in [4.69, 9.17) is 7.85 Å². The van der Waals surface area contributed by atoms with Gasteiger partial charge in [0.15, 0.2) is 0 Å². The summed E-state index contributed by atoms with van der Waals surface area (Å²) in [5.41, 5.74) is 2.45. The van der Waals surface area contributed by atoms with Gasteiger partial charge in [-0.05, 0) is 32.1 Å². The Morgan fingerprint density at radius 2 is 1.91 bits per heavy atom. The maximum absolute atomic E-state index is 5.75. The molecule has 58 valence electrons. The predicted molar refractivity (Wildman–Crippen MR) is 50.7 cm³/mol. The Labute approximate surface area is 70.8 Å². The summed E-state index contributed by atoms with van der Waals surface area (Å²) >= 11 is 0. The fraction of sp³-hybridized carbons (Fsp3) is 0.600. The summed E-state index contributed by atoms with van der Waals surface area (Å²) in [6.07, 6.45) is 9.12. The standard InChI is InChI=1S/C10H15B/c1-9-5-2-3-7-10(11)8-4-6-9/h8H,1-7H2/b10-8+. The molecule has 0 nitrogen and oxygen atoms in total. The Bertz CT molecular complexity index is 168. The van der Waals surface area contributed by atoms with Gasteiger partial charge in [0, 0.05) is 0 Å². The van der Waals surface area contributed by atoms with Crippen molar-refractivity contribution >= 4 is 7.85 Å². The highest BCUT2D eigenvalue weighted by molar-refractivity contribution is 6.21. The third-order valence-electron chi connectivity index (χ3n) is 2.15. The van der Waals surface area contributed by atoms with Gasteiger partial charge in [-0.2, -0.15) is 0 Å². The van der Waals surface area contributed by atoms with Crippen LogP contribution in [0.15, 0.2) is 23.7 Å². The predicted octanol–water partition coefficient (Wildman–Crippen LogP) is 2.95. The molecule has 1 rings (SSSR count). The third kappa shape index (κ3) is 3.45. The fourth-order valence-electron chi connectivity index (χ4n) is 1.39. The van der Waals surface area contributed by atoms with E-state index in [0.717, 1.165) is 24.7 Å². The number of allylic oxidation sites excluding steroid dienone is 3. The second kappa shape index (κ2) is 4.43. The quantitative estimate of drug-likeness (QED) is 0.364. The molecule has 0 aliphatic heterocycles. The van der Waals surface area contributed by atoms with Gasteiger partial charge < -0.3 is 0 Å². The van der Waals surface area contributed by atoms with Crippen LogP contribution in [0.4, 0.5) is 0 Å². The average molecular weight is 146 g/mol. The van der Waals surface area contributed by atoms with Gasteiger partial charge in [0.2, 0.25) is 0 Å². The van der Waals surface area contributed by atoms with Crippen molar-refractivity contribution in [3.8, 4) is 0 Å². The zero-order chi connectivity index (χ0) is 8.10. The molecule has 1 heteroatoms. The maximum atomic E-state index is 5.75. The summed E-state index contributed by atoms with van der Waals surface area (Å²) in [7, 11) is 5.75. The molecule has 0 spiro atoms. The molecule has 0 saturated heterocycles. The molecule has 11 heavy (non-hydrogen) atoms. The van der Waals surface area contributed by atoms with Crippen LogP contribution in [0, 0.1) is 0 Å². The lowest BCUT2D eigenvalue weighted by Crippen LogP contribution is -1.81. The molecular weight excluding hydrogens is 131 g/mol. The first-order valence-electron chi connectivity index (χ1n) is 4.40. The minimum Gasteiger partial charge on any atom is -0.122 e. The van der Waals surface area contributed by atoms with E-state index in [-0.39, 0.29) is 0 Å². The van der Waals surface area contributed by atoms with Crippen LogP contribution in [0.3, 0.4) is 0 Å². The molecule has 0 aromatic rings. The summed E-state index contributed by atoms with van der Waals surface area (Å²) in [6, 6.07) is 0. The van der Waals surface area contributed by atoms with Gasteiger partial charge in [0.1, 0.15) is 7.85 Å². The zero-order valence-electron chi connectivity index (χ0n) is 7.10. The molecule has 0 N–H and O–H groups in total. The van der Waals surface area contributed by atoms with Crippen molar-refractivity contribution in [2.24, 2.45) is 0 Å². The molecule has 0 aromatic heterocycles. The van der Waals surface area contributed by atoms with Crippen molar-refractivity contribution in [3.63, 3.8) is 0 Å². The minimum atomic E-state index is 1.07. The summed E-state index contributed by atoms with van der Waals surface area (Å²) < 4.78 is 0. The maximum Gasteiger partial charge on any atom is 0.107 e. The first-order chi connectivity index (χ1) is 5.29.